The van der Waals surface area contributed by atoms with E-state index >= 15 is 0 Å². The van der Waals surface area contributed by atoms with Crippen LogP contribution in [0.3, 0.4) is 0 Å². The lowest BCUT2D eigenvalue weighted by Gasteiger charge is -2.10. The Labute approximate surface area is 110 Å². The lowest BCUT2D eigenvalue weighted by atomic mass is 10.1. The van der Waals surface area contributed by atoms with E-state index in [1.807, 2.05) is 23.0 Å². The van der Waals surface area contributed by atoms with Gasteiger partial charge >= 0.3 is 0 Å². The molecule has 1 aromatic carbocycles. The number of thiazole rings is 1. The van der Waals surface area contributed by atoms with E-state index in [1.54, 1.807) is 11.3 Å². The zero-order valence-corrected chi connectivity index (χ0v) is 10.9. The smallest absolute Gasteiger partial charge is 0.131 e. The molecule has 0 spiro atoms. The van der Waals surface area contributed by atoms with Gasteiger partial charge in [-0.1, -0.05) is 12.1 Å². The zero-order valence-electron chi connectivity index (χ0n) is 10.0. The largest absolute Gasteiger partial charge is 0.487 e. The van der Waals surface area contributed by atoms with Crippen molar-refractivity contribution in [2.24, 2.45) is 0 Å². The third-order valence-corrected chi connectivity index (χ3v) is 3.69. The molecule has 3 rings (SSSR count). The molecule has 94 valence electrons. The van der Waals surface area contributed by atoms with Crippen molar-refractivity contribution in [3.05, 3.63) is 46.4 Å². The third kappa shape index (κ3) is 2.71. The van der Waals surface area contributed by atoms with E-state index in [0.717, 1.165) is 30.9 Å². The number of hydrogen-bond donors (Lipinski definition) is 0. The Kier molecular flexibility index (Phi) is 3.57. The molecule has 1 saturated heterocycles. The molecular weight excluding hydrogens is 246 g/mol. The molecule has 2 aromatic rings. The molecule has 1 unspecified atom stereocenters. The SMILES string of the molecule is c1nc(COc2ccc(C3CCCO3)cc2)cs1. The number of benzene rings is 1. The van der Waals surface area contributed by atoms with Crippen molar-refractivity contribution in [2.75, 3.05) is 6.61 Å². The van der Waals surface area contributed by atoms with Gasteiger partial charge in [0.1, 0.15) is 12.4 Å². The summed E-state index contributed by atoms with van der Waals surface area (Å²) in [5.74, 6) is 0.879. The first kappa shape index (κ1) is 11.7. The van der Waals surface area contributed by atoms with Crippen molar-refractivity contribution in [1.29, 1.82) is 0 Å². The second-order valence-electron chi connectivity index (χ2n) is 4.34. The van der Waals surface area contributed by atoms with Crippen LogP contribution in [0.5, 0.6) is 5.75 Å². The van der Waals surface area contributed by atoms with Crippen molar-refractivity contribution >= 4 is 11.3 Å². The molecule has 1 aliphatic rings. The lowest BCUT2D eigenvalue weighted by Crippen LogP contribution is -1.97. The first-order valence-corrected chi connectivity index (χ1v) is 7.07. The molecular formula is C14H15NO2S. The third-order valence-electron chi connectivity index (χ3n) is 3.05. The summed E-state index contributed by atoms with van der Waals surface area (Å²) in [6, 6.07) is 8.19. The van der Waals surface area contributed by atoms with Crippen LogP contribution in [0, 0.1) is 0 Å². The number of nitrogens with zero attached hydrogens (tertiary/aromatic N) is 1. The average Bonchev–Trinajstić information content (AvgIpc) is 3.10. The highest BCUT2D eigenvalue weighted by Gasteiger charge is 2.17. The lowest BCUT2D eigenvalue weighted by molar-refractivity contribution is 0.112. The van der Waals surface area contributed by atoms with Crippen LogP contribution in [-0.2, 0) is 11.3 Å². The van der Waals surface area contributed by atoms with E-state index in [0.29, 0.717) is 6.61 Å². The molecule has 1 aliphatic heterocycles. The summed E-state index contributed by atoms with van der Waals surface area (Å²) < 4.78 is 11.3. The maximum absolute atomic E-state index is 5.67. The van der Waals surface area contributed by atoms with Crippen LogP contribution in [0.25, 0.3) is 0 Å². The molecule has 0 bridgehead atoms. The van der Waals surface area contributed by atoms with Crippen molar-refractivity contribution in [3.8, 4) is 5.75 Å². The molecule has 3 nitrogen and oxygen atoms in total. The molecule has 4 heteroatoms. The van der Waals surface area contributed by atoms with E-state index in [2.05, 4.69) is 17.1 Å². The van der Waals surface area contributed by atoms with Crippen LogP contribution in [0.2, 0.25) is 0 Å². The van der Waals surface area contributed by atoms with Gasteiger partial charge in [0.05, 0.1) is 17.3 Å². The maximum atomic E-state index is 5.67. The summed E-state index contributed by atoms with van der Waals surface area (Å²) in [5, 5.41) is 2.00. The molecule has 18 heavy (non-hydrogen) atoms. The first-order valence-electron chi connectivity index (χ1n) is 6.13. The first-order chi connectivity index (χ1) is 8.92. The van der Waals surface area contributed by atoms with Gasteiger partial charge in [-0.15, -0.1) is 11.3 Å². The minimum Gasteiger partial charge on any atom is -0.487 e. The summed E-state index contributed by atoms with van der Waals surface area (Å²) in [5.41, 5.74) is 4.04. The van der Waals surface area contributed by atoms with E-state index in [4.69, 9.17) is 9.47 Å². The molecule has 0 aliphatic carbocycles. The van der Waals surface area contributed by atoms with Crippen LogP contribution in [-0.4, -0.2) is 11.6 Å². The highest BCUT2D eigenvalue weighted by atomic mass is 32.1. The van der Waals surface area contributed by atoms with Gasteiger partial charge in [-0.2, -0.15) is 0 Å². The Balaban J connectivity index is 1.60. The van der Waals surface area contributed by atoms with Crippen LogP contribution in [0.4, 0.5) is 0 Å². The van der Waals surface area contributed by atoms with E-state index in [1.165, 1.54) is 5.56 Å². The molecule has 0 radical (unpaired) electrons. The summed E-state index contributed by atoms with van der Waals surface area (Å²) in [7, 11) is 0. The van der Waals surface area contributed by atoms with Crippen LogP contribution < -0.4 is 4.74 Å². The van der Waals surface area contributed by atoms with Gasteiger partial charge in [0, 0.05) is 12.0 Å². The van der Waals surface area contributed by atoms with Gasteiger partial charge in [0.2, 0.25) is 0 Å². The molecule has 0 saturated carbocycles. The van der Waals surface area contributed by atoms with Crippen molar-refractivity contribution in [3.63, 3.8) is 0 Å². The minimum absolute atomic E-state index is 0.276. The summed E-state index contributed by atoms with van der Waals surface area (Å²) in [6.45, 7) is 1.41. The van der Waals surface area contributed by atoms with Gasteiger partial charge in [-0.25, -0.2) is 4.98 Å². The quantitative estimate of drug-likeness (QED) is 0.843. The van der Waals surface area contributed by atoms with Gasteiger partial charge in [-0.05, 0) is 30.5 Å². The number of ether oxygens (including phenoxy) is 2. The van der Waals surface area contributed by atoms with Crippen molar-refractivity contribution in [2.45, 2.75) is 25.6 Å². The van der Waals surface area contributed by atoms with E-state index in [9.17, 15) is 0 Å². The Morgan fingerprint density at radius 3 is 2.89 bits per heavy atom. The molecule has 1 atom stereocenters. The summed E-state index contributed by atoms with van der Waals surface area (Å²) in [6.07, 6.45) is 2.56. The molecule has 2 heterocycles. The average molecular weight is 261 g/mol. The van der Waals surface area contributed by atoms with Crippen molar-refractivity contribution < 1.29 is 9.47 Å². The zero-order chi connectivity index (χ0) is 12.2. The van der Waals surface area contributed by atoms with E-state index < -0.39 is 0 Å². The monoisotopic (exact) mass is 261 g/mol. The number of rotatable bonds is 4. The standard InChI is InChI=1S/C14H15NO2S/c1-2-14(16-7-1)11-3-5-13(6-4-11)17-8-12-9-18-10-15-12/h3-6,9-10,14H,1-2,7-8H2. The molecule has 0 amide bonds. The fourth-order valence-corrected chi connectivity index (χ4v) is 2.63. The fourth-order valence-electron chi connectivity index (χ4n) is 2.09. The van der Waals surface area contributed by atoms with Gasteiger partial charge in [-0.3, -0.25) is 0 Å². The Bertz CT molecular complexity index is 475. The second-order valence-corrected chi connectivity index (χ2v) is 5.06. The van der Waals surface area contributed by atoms with Crippen LogP contribution in [0.1, 0.15) is 30.2 Å². The van der Waals surface area contributed by atoms with Crippen LogP contribution >= 0.6 is 11.3 Å². The van der Waals surface area contributed by atoms with Gasteiger partial charge in [0.15, 0.2) is 0 Å². The maximum Gasteiger partial charge on any atom is 0.131 e. The number of hydrogen-bond acceptors (Lipinski definition) is 4. The molecule has 0 N–H and O–H groups in total. The Morgan fingerprint density at radius 1 is 1.33 bits per heavy atom. The van der Waals surface area contributed by atoms with E-state index in [-0.39, 0.29) is 6.10 Å². The highest BCUT2D eigenvalue weighted by Crippen LogP contribution is 2.29. The van der Waals surface area contributed by atoms with Crippen LogP contribution in [0.15, 0.2) is 35.2 Å². The Hall–Kier alpha value is -1.39. The summed E-state index contributed by atoms with van der Waals surface area (Å²) in [4.78, 5) is 4.19. The highest BCUT2D eigenvalue weighted by molar-refractivity contribution is 7.07. The fraction of sp³-hybridized carbons (Fsp3) is 0.357. The number of aromatic nitrogens is 1. The van der Waals surface area contributed by atoms with Gasteiger partial charge in [0.25, 0.3) is 0 Å². The minimum atomic E-state index is 0.276. The Morgan fingerprint density at radius 2 is 2.22 bits per heavy atom. The summed E-state index contributed by atoms with van der Waals surface area (Å²) >= 11 is 1.59. The van der Waals surface area contributed by atoms with Gasteiger partial charge < -0.3 is 9.47 Å². The topological polar surface area (TPSA) is 31.4 Å². The molecule has 1 aromatic heterocycles. The normalized spacial score (nSPS) is 19.0. The predicted molar refractivity (Wildman–Crippen MR) is 70.8 cm³/mol. The second kappa shape index (κ2) is 5.50. The van der Waals surface area contributed by atoms with Crippen molar-refractivity contribution in [1.82, 2.24) is 4.98 Å². The predicted octanol–water partition coefficient (Wildman–Crippen LogP) is 3.57. The molecule has 1 fully saturated rings.